The Balaban J connectivity index is 1.47. The van der Waals surface area contributed by atoms with Crippen molar-refractivity contribution in [1.29, 1.82) is 0 Å². The third kappa shape index (κ3) is 4.72. The van der Waals surface area contributed by atoms with Crippen LogP contribution < -0.4 is 0 Å². The van der Waals surface area contributed by atoms with Crippen molar-refractivity contribution in [2.75, 3.05) is 33.7 Å². The maximum atomic E-state index is 13.7. The minimum Gasteiger partial charge on any atom is -0.354 e. The number of carbonyl (C=O) groups excluding carboxylic acids is 1. The van der Waals surface area contributed by atoms with Crippen molar-refractivity contribution in [3.63, 3.8) is 0 Å². The SMILES string of the molecule is Cc1nc2c(C)cc(-c3[nH]c4ccc(C5CCN(CC(=O)N(C)C)CC5)cc4c3CC(F)F)cn2n1. The maximum Gasteiger partial charge on any atom is 0.242 e. The standard InChI is InChI=1S/C27H32F2N6O/c1-16-11-20(14-35-27(16)30-17(2)32-35)26-22(13-24(28)29)21-12-19(5-6-23(21)31-26)18-7-9-34(10-8-18)15-25(36)33(3)4/h5-6,11-12,14,18,24,31H,7-10,13,15H2,1-4H3. The molecule has 1 amide bonds. The number of H-pyrrole nitrogens is 1. The molecule has 1 aliphatic rings. The zero-order valence-electron chi connectivity index (χ0n) is 21.2. The highest BCUT2D eigenvalue weighted by atomic mass is 19.3. The lowest BCUT2D eigenvalue weighted by atomic mass is 9.88. The summed E-state index contributed by atoms with van der Waals surface area (Å²) in [5.74, 6) is 1.12. The first kappa shape index (κ1) is 24.4. The van der Waals surface area contributed by atoms with Crippen LogP contribution >= 0.6 is 0 Å². The average Bonchev–Trinajstić information content (AvgIpc) is 3.39. The first-order valence-electron chi connectivity index (χ1n) is 12.4. The summed E-state index contributed by atoms with van der Waals surface area (Å²) in [6.07, 6.45) is 0.956. The molecule has 0 saturated carbocycles. The summed E-state index contributed by atoms with van der Waals surface area (Å²) in [7, 11) is 3.55. The number of nitrogens with one attached hydrogen (secondary N) is 1. The van der Waals surface area contributed by atoms with Crippen LogP contribution in [-0.4, -0.2) is 75.4 Å². The van der Waals surface area contributed by atoms with Gasteiger partial charge in [-0.25, -0.2) is 18.3 Å². The van der Waals surface area contributed by atoms with Crippen molar-refractivity contribution in [3.05, 3.63) is 53.0 Å². The van der Waals surface area contributed by atoms with E-state index in [0.717, 1.165) is 53.6 Å². The number of aryl methyl sites for hydroxylation is 2. The van der Waals surface area contributed by atoms with E-state index in [1.165, 1.54) is 5.56 Å². The van der Waals surface area contributed by atoms with Crippen molar-refractivity contribution in [1.82, 2.24) is 29.4 Å². The number of rotatable bonds is 6. The second-order valence-corrected chi connectivity index (χ2v) is 10.1. The number of pyridine rings is 1. The van der Waals surface area contributed by atoms with Crippen molar-refractivity contribution in [2.24, 2.45) is 0 Å². The Kier molecular flexibility index (Phi) is 6.51. The quantitative estimate of drug-likeness (QED) is 0.426. The van der Waals surface area contributed by atoms with E-state index in [4.69, 9.17) is 0 Å². The number of aromatic amines is 1. The number of carbonyl (C=O) groups is 1. The number of hydrogen-bond donors (Lipinski definition) is 1. The van der Waals surface area contributed by atoms with E-state index in [-0.39, 0.29) is 12.3 Å². The first-order valence-corrected chi connectivity index (χ1v) is 12.4. The molecule has 0 spiro atoms. The predicted octanol–water partition coefficient (Wildman–Crippen LogP) is 4.57. The number of fused-ring (bicyclic) bond motifs is 2. The van der Waals surface area contributed by atoms with Gasteiger partial charge in [0.25, 0.3) is 0 Å². The molecule has 0 unspecified atom stereocenters. The second kappa shape index (κ2) is 9.61. The van der Waals surface area contributed by atoms with Gasteiger partial charge in [-0.3, -0.25) is 9.69 Å². The summed E-state index contributed by atoms with van der Waals surface area (Å²) in [6, 6.07) is 8.18. The van der Waals surface area contributed by atoms with Crippen molar-refractivity contribution in [2.45, 2.75) is 45.5 Å². The Morgan fingerprint density at radius 3 is 2.64 bits per heavy atom. The summed E-state index contributed by atoms with van der Waals surface area (Å²) in [5.41, 5.74) is 5.88. The van der Waals surface area contributed by atoms with Gasteiger partial charge in [0.15, 0.2) is 5.65 Å². The summed E-state index contributed by atoms with van der Waals surface area (Å²) in [5, 5.41) is 5.28. The van der Waals surface area contributed by atoms with Crippen LogP contribution in [0.15, 0.2) is 30.5 Å². The molecule has 0 bridgehead atoms. The molecule has 0 radical (unpaired) electrons. The van der Waals surface area contributed by atoms with Gasteiger partial charge in [-0.15, -0.1) is 0 Å². The van der Waals surface area contributed by atoms with Crippen LogP contribution in [0.5, 0.6) is 0 Å². The molecule has 4 heterocycles. The fourth-order valence-electron chi connectivity index (χ4n) is 5.28. The summed E-state index contributed by atoms with van der Waals surface area (Å²) in [6.45, 7) is 5.93. The van der Waals surface area contributed by atoms with Crippen LogP contribution in [0.4, 0.5) is 8.78 Å². The minimum absolute atomic E-state index is 0.112. The number of benzene rings is 1. The van der Waals surface area contributed by atoms with E-state index in [1.807, 2.05) is 32.2 Å². The van der Waals surface area contributed by atoms with E-state index in [2.05, 4.69) is 32.1 Å². The lowest BCUT2D eigenvalue weighted by Gasteiger charge is -2.32. The molecule has 1 N–H and O–H groups in total. The fourth-order valence-corrected chi connectivity index (χ4v) is 5.28. The summed E-state index contributed by atoms with van der Waals surface area (Å²) < 4.78 is 29.2. The number of likely N-dealkylation sites (N-methyl/N-ethyl adjacent to an activating group) is 1. The van der Waals surface area contributed by atoms with Gasteiger partial charge in [-0.1, -0.05) is 6.07 Å². The van der Waals surface area contributed by atoms with Crippen LogP contribution in [0.1, 0.15) is 41.3 Å². The Morgan fingerprint density at radius 2 is 1.94 bits per heavy atom. The topological polar surface area (TPSA) is 69.5 Å². The number of likely N-dealkylation sites (tertiary alicyclic amines) is 1. The van der Waals surface area contributed by atoms with Crippen LogP contribution in [0, 0.1) is 13.8 Å². The van der Waals surface area contributed by atoms with Gasteiger partial charge >= 0.3 is 0 Å². The molecule has 9 heteroatoms. The van der Waals surface area contributed by atoms with E-state index in [1.54, 1.807) is 23.5 Å². The van der Waals surface area contributed by atoms with Crippen LogP contribution in [0.2, 0.25) is 0 Å². The van der Waals surface area contributed by atoms with E-state index < -0.39 is 6.43 Å². The molecule has 5 rings (SSSR count). The fraction of sp³-hybridized carbons (Fsp3) is 0.444. The smallest absolute Gasteiger partial charge is 0.242 e. The number of halogens is 2. The number of alkyl halides is 2. The third-order valence-corrected chi connectivity index (χ3v) is 7.22. The molecule has 1 aliphatic heterocycles. The Hall–Kier alpha value is -3.33. The highest BCUT2D eigenvalue weighted by Crippen LogP contribution is 2.36. The van der Waals surface area contributed by atoms with Crippen molar-refractivity contribution in [3.8, 4) is 11.3 Å². The van der Waals surface area contributed by atoms with Crippen molar-refractivity contribution >= 4 is 22.5 Å². The number of amides is 1. The van der Waals surface area contributed by atoms with Crippen LogP contribution in [-0.2, 0) is 11.2 Å². The summed E-state index contributed by atoms with van der Waals surface area (Å²) in [4.78, 5) is 23.7. The highest BCUT2D eigenvalue weighted by Gasteiger charge is 2.24. The Labute approximate surface area is 209 Å². The largest absolute Gasteiger partial charge is 0.354 e. The second-order valence-electron chi connectivity index (χ2n) is 10.1. The Bertz CT molecular complexity index is 1410. The number of nitrogens with zero attached hydrogens (tertiary/aromatic N) is 5. The zero-order chi connectivity index (χ0) is 25.6. The maximum absolute atomic E-state index is 13.7. The molecule has 1 saturated heterocycles. The normalized spacial score (nSPS) is 15.4. The van der Waals surface area contributed by atoms with Gasteiger partial charge in [-0.2, -0.15) is 5.10 Å². The predicted molar refractivity (Wildman–Crippen MR) is 137 cm³/mol. The first-order chi connectivity index (χ1) is 17.2. The molecule has 4 aromatic rings. The molecule has 190 valence electrons. The van der Waals surface area contributed by atoms with E-state index in [0.29, 0.717) is 29.5 Å². The van der Waals surface area contributed by atoms with Gasteiger partial charge in [0.05, 0.1) is 12.2 Å². The molecule has 1 aromatic carbocycles. The molecular weight excluding hydrogens is 462 g/mol. The van der Waals surface area contributed by atoms with E-state index >= 15 is 0 Å². The van der Waals surface area contributed by atoms with Gasteiger partial charge in [-0.05, 0) is 80.6 Å². The average molecular weight is 495 g/mol. The zero-order valence-corrected chi connectivity index (χ0v) is 21.2. The number of piperidine rings is 1. The molecule has 7 nitrogen and oxygen atoms in total. The van der Waals surface area contributed by atoms with E-state index in [9.17, 15) is 13.6 Å². The van der Waals surface area contributed by atoms with Crippen molar-refractivity contribution < 1.29 is 13.6 Å². The van der Waals surface area contributed by atoms with Gasteiger partial charge < -0.3 is 9.88 Å². The molecule has 36 heavy (non-hydrogen) atoms. The number of hydrogen-bond acceptors (Lipinski definition) is 4. The van der Waals surface area contributed by atoms with Crippen LogP contribution in [0.25, 0.3) is 27.8 Å². The monoisotopic (exact) mass is 494 g/mol. The molecule has 0 atom stereocenters. The van der Waals surface area contributed by atoms with Crippen LogP contribution in [0.3, 0.4) is 0 Å². The van der Waals surface area contributed by atoms with Gasteiger partial charge in [0.2, 0.25) is 12.3 Å². The third-order valence-electron chi connectivity index (χ3n) is 7.22. The minimum atomic E-state index is -2.46. The number of aromatic nitrogens is 4. The summed E-state index contributed by atoms with van der Waals surface area (Å²) >= 11 is 0. The highest BCUT2D eigenvalue weighted by molar-refractivity contribution is 5.91. The van der Waals surface area contributed by atoms with Gasteiger partial charge in [0.1, 0.15) is 5.82 Å². The van der Waals surface area contributed by atoms with Gasteiger partial charge in [0, 0.05) is 43.2 Å². The molecule has 3 aromatic heterocycles. The molecular formula is C27H32F2N6O. The lowest BCUT2D eigenvalue weighted by molar-refractivity contribution is -0.130. The lowest BCUT2D eigenvalue weighted by Crippen LogP contribution is -2.40. The Morgan fingerprint density at radius 1 is 1.19 bits per heavy atom. The molecule has 1 fully saturated rings. The molecule has 0 aliphatic carbocycles.